The molecule has 108 valence electrons. The van der Waals surface area contributed by atoms with E-state index in [0.717, 1.165) is 0 Å². The summed E-state index contributed by atoms with van der Waals surface area (Å²) in [4.78, 5) is 25.3. The second kappa shape index (κ2) is 5.70. The van der Waals surface area contributed by atoms with Crippen molar-refractivity contribution in [1.29, 1.82) is 0 Å². The molecule has 2 rings (SSSR count). The molecule has 2 unspecified atom stereocenters. The monoisotopic (exact) mass is 283 g/mol. The number of pyridine rings is 1. The third-order valence-electron chi connectivity index (χ3n) is 2.97. The number of carbonyl (C=O) groups is 1. The van der Waals surface area contributed by atoms with E-state index in [1.165, 1.54) is 19.2 Å². The van der Waals surface area contributed by atoms with Crippen molar-refractivity contribution in [1.82, 2.24) is 4.98 Å². The Bertz CT molecular complexity index is 535. The number of hydrogen-bond donors (Lipinski definition) is 2. The Morgan fingerprint density at radius 1 is 1.60 bits per heavy atom. The van der Waals surface area contributed by atoms with Crippen molar-refractivity contribution < 1.29 is 24.3 Å². The van der Waals surface area contributed by atoms with Gasteiger partial charge in [-0.25, -0.2) is 0 Å². The number of nitro groups is 1. The molecule has 1 aliphatic heterocycles. The predicted molar refractivity (Wildman–Crippen MR) is 66.8 cm³/mol. The van der Waals surface area contributed by atoms with Crippen LogP contribution in [0, 0.1) is 16.0 Å². The van der Waals surface area contributed by atoms with Gasteiger partial charge in [0.25, 0.3) is 0 Å². The summed E-state index contributed by atoms with van der Waals surface area (Å²) in [6.45, 7) is 0.206. The number of nitrogens with zero attached hydrogens (tertiary/aromatic N) is 2. The van der Waals surface area contributed by atoms with Crippen LogP contribution in [0.2, 0.25) is 0 Å². The highest BCUT2D eigenvalue weighted by molar-refractivity contribution is 5.72. The van der Waals surface area contributed by atoms with Gasteiger partial charge in [0.05, 0.1) is 31.3 Å². The van der Waals surface area contributed by atoms with Gasteiger partial charge in [-0.2, -0.15) is 4.98 Å². The minimum absolute atomic E-state index is 0.0314. The van der Waals surface area contributed by atoms with Crippen molar-refractivity contribution in [2.24, 2.45) is 5.92 Å². The van der Waals surface area contributed by atoms with Crippen molar-refractivity contribution in [2.75, 3.05) is 25.6 Å². The Hall–Kier alpha value is -2.42. The number of aliphatic carboxylic acids is 1. The van der Waals surface area contributed by atoms with Crippen LogP contribution in [-0.2, 0) is 9.53 Å². The maximum Gasteiger partial charge on any atom is 0.311 e. The lowest BCUT2D eigenvalue weighted by Gasteiger charge is -2.16. The summed E-state index contributed by atoms with van der Waals surface area (Å²) < 4.78 is 10.00. The van der Waals surface area contributed by atoms with Crippen LogP contribution >= 0.6 is 0 Å². The molecule has 9 nitrogen and oxygen atoms in total. The molecule has 2 N–H and O–H groups in total. The fourth-order valence-electron chi connectivity index (χ4n) is 1.92. The van der Waals surface area contributed by atoms with Crippen LogP contribution in [0.4, 0.5) is 11.5 Å². The van der Waals surface area contributed by atoms with Crippen molar-refractivity contribution in [3.05, 3.63) is 22.2 Å². The summed E-state index contributed by atoms with van der Waals surface area (Å²) in [6.07, 6.45) is 0. The van der Waals surface area contributed by atoms with E-state index in [9.17, 15) is 14.9 Å². The number of anilines is 1. The summed E-state index contributed by atoms with van der Waals surface area (Å²) in [7, 11) is 1.39. The maximum absolute atomic E-state index is 11.0. The Morgan fingerprint density at radius 3 is 2.95 bits per heavy atom. The fourth-order valence-corrected chi connectivity index (χ4v) is 1.92. The third kappa shape index (κ3) is 2.77. The SMILES string of the molecule is COc1ccc([N+](=O)[O-])c(NC2COCC2C(=O)O)n1. The van der Waals surface area contributed by atoms with Gasteiger partial charge in [0.15, 0.2) is 0 Å². The zero-order valence-electron chi connectivity index (χ0n) is 10.6. The normalized spacial score (nSPS) is 21.4. The zero-order chi connectivity index (χ0) is 14.7. The van der Waals surface area contributed by atoms with Crippen LogP contribution in [0.1, 0.15) is 0 Å². The average Bonchev–Trinajstić information content (AvgIpc) is 2.86. The topological polar surface area (TPSA) is 124 Å². The van der Waals surface area contributed by atoms with E-state index in [1.807, 2.05) is 0 Å². The van der Waals surface area contributed by atoms with Crippen molar-refractivity contribution in [3.63, 3.8) is 0 Å². The van der Waals surface area contributed by atoms with E-state index in [0.29, 0.717) is 0 Å². The molecule has 1 fully saturated rings. The number of carboxylic acids is 1. The molecule has 0 bridgehead atoms. The molecule has 2 atom stereocenters. The van der Waals surface area contributed by atoms with E-state index >= 15 is 0 Å². The standard InChI is InChI=1S/C11H13N3O6/c1-19-9-3-2-8(14(17)18)10(13-9)12-7-5-20-4-6(7)11(15)16/h2-3,6-7H,4-5H2,1H3,(H,12,13)(H,15,16). The maximum atomic E-state index is 11.0. The van der Waals surface area contributed by atoms with Crippen LogP contribution in [0.25, 0.3) is 0 Å². The van der Waals surface area contributed by atoms with Crippen molar-refractivity contribution in [3.8, 4) is 5.88 Å². The molecule has 1 aromatic rings. The van der Waals surface area contributed by atoms with Gasteiger partial charge in [0.2, 0.25) is 11.7 Å². The summed E-state index contributed by atoms with van der Waals surface area (Å²) >= 11 is 0. The van der Waals surface area contributed by atoms with Crippen LogP contribution < -0.4 is 10.1 Å². The van der Waals surface area contributed by atoms with Gasteiger partial charge in [0, 0.05) is 12.1 Å². The molecular weight excluding hydrogens is 270 g/mol. The lowest BCUT2D eigenvalue weighted by Crippen LogP contribution is -2.33. The Morgan fingerprint density at radius 2 is 2.35 bits per heavy atom. The number of ether oxygens (including phenoxy) is 2. The Labute approximate surface area is 113 Å². The van der Waals surface area contributed by atoms with Gasteiger partial charge in [-0.3, -0.25) is 14.9 Å². The first-order chi connectivity index (χ1) is 9.52. The van der Waals surface area contributed by atoms with Gasteiger partial charge < -0.3 is 19.9 Å². The van der Waals surface area contributed by atoms with E-state index in [4.69, 9.17) is 14.6 Å². The molecule has 0 spiro atoms. The van der Waals surface area contributed by atoms with Crippen LogP contribution in [0.5, 0.6) is 5.88 Å². The second-order valence-corrected chi connectivity index (χ2v) is 4.21. The number of methoxy groups -OCH3 is 1. The number of hydrogen-bond acceptors (Lipinski definition) is 7. The van der Waals surface area contributed by atoms with Gasteiger partial charge >= 0.3 is 11.7 Å². The Balaban J connectivity index is 2.27. The fraction of sp³-hybridized carbons (Fsp3) is 0.455. The molecule has 2 heterocycles. The van der Waals surface area contributed by atoms with Gasteiger partial charge in [0.1, 0.15) is 5.92 Å². The van der Waals surface area contributed by atoms with Crippen molar-refractivity contribution in [2.45, 2.75) is 6.04 Å². The number of carboxylic acid groups (broad SMARTS) is 1. The smallest absolute Gasteiger partial charge is 0.311 e. The molecule has 0 saturated carbocycles. The van der Waals surface area contributed by atoms with Crippen LogP contribution in [0.3, 0.4) is 0 Å². The quantitative estimate of drug-likeness (QED) is 0.591. The largest absolute Gasteiger partial charge is 0.481 e. The predicted octanol–water partition coefficient (Wildman–Crippen LogP) is 0.510. The molecule has 0 aliphatic carbocycles. The summed E-state index contributed by atoms with van der Waals surface area (Å²) in [6, 6.07) is 2.04. The number of rotatable bonds is 5. The highest BCUT2D eigenvalue weighted by Crippen LogP contribution is 2.28. The lowest BCUT2D eigenvalue weighted by molar-refractivity contribution is -0.384. The minimum atomic E-state index is -1.02. The summed E-state index contributed by atoms with van der Waals surface area (Å²) in [5, 5.41) is 22.7. The first-order valence-corrected chi connectivity index (χ1v) is 5.79. The number of aromatic nitrogens is 1. The molecule has 0 aromatic carbocycles. The molecule has 1 aromatic heterocycles. The van der Waals surface area contributed by atoms with Crippen LogP contribution in [-0.4, -0.2) is 47.3 Å². The molecule has 0 amide bonds. The third-order valence-corrected chi connectivity index (χ3v) is 2.97. The zero-order valence-corrected chi connectivity index (χ0v) is 10.6. The minimum Gasteiger partial charge on any atom is -0.481 e. The molecule has 20 heavy (non-hydrogen) atoms. The first-order valence-electron chi connectivity index (χ1n) is 5.79. The summed E-state index contributed by atoms with van der Waals surface area (Å²) in [5.74, 6) is -1.63. The molecule has 1 aliphatic rings. The van der Waals surface area contributed by atoms with Gasteiger partial charge in [-0.05, 0) is 0 Å². The van der Waals surface area contributed by atoms with E-state index in [1.54, 1.807) is 0 Å². The molecule has 0 radical (unpaired) electrons. The number of nitrogens with one attached hydrogen (secondary N) is 1. The van der Waals surface area contributed by atoms with E-state index in [-0.39, 0.29) is 30.6 Å². The second-order valence-electron chi connectivity index (χ2n) is 4.21. The van der Waals surface area contributed by atoms with E-state index in [2.05, 4.69) is 10.3 Å². The van der Waals surface area contributed by atoms with Crippen LogP contribution in [0.15, 0.2) is 12.1 Å². The van der Waals surface area contributed by atoms with E-state index < -0.39 is 22.9 Å². The Kier molecular flexibility index (Phi) is 3.99. The highest BCUT2D eigenvalue weighted by Gasteiger charge is 2.35. The highest BCUT2D eigenvalue weighted by atomic mass is 16.6. The summed E-state index contributed by atoms with van der Waals surface area (Å²) in [5.41, 5.74) is -0.248. The average molecular weight is 283 g/mol. The molecule has 9 heteroatoms. The van der Waals surface area contributed by atoms with Crippen molar-refractivity contribution >= 4 is 17.5 Å². The molecular formula is C11H13N3O6. The first kappa shape index (κ1) is 14.0. The van der Waals surface area contributed by atoms with Gasteiger partial charge in [-0.15, -0.1) is 0 Å². The molecule has 1 saturated heterocycles. The van der Waals surface area contributed by atoms with Gasteiger partial charge in [-0.1, -0.05) is 0 Å². The lowest BCUT2D eigenvalue weighted by atomic mass is 10.0.